The molecule has 0 aliphatic carbocycles. The van der Waals surface area contributed by atoms with E-state index < -0.39 is 0 Å². The molecule has 4 nitrogen and oxygen atoms in total. The topological polar surface area (TPSA) is 54.9 Å². The van der Waals surface area contributed by atoms with E-state index in [9.17, 15) is 4.79 Å². The van der Waals surface area contributed by atoms with Gasteiger partial charge in [-0.3, -0.25) is 4.79 Å². The summed E-state index contributed by atoms with van der Waals surface area (Å²) in [5.74, 6) is 1.85. The van der Waals surface area contributed by atoms with Crippen LogP contribution in [0.3, 0.4) is 0 Å². The van der Waals surface area contributed by atoms with E-state index in [1.54, 1.807) is 0 Å². The quantitative estimate of drug-likeness (QED) is 0.839. The van der Waals surface area contributed by atoms with Gasteiger partial charge in [-0.15, -0.1) is 11.3 Å². The molecule has 8 heteroatoms. The van der Waals surface area contributed by atoms with Crippen molar-refractivity contribution in [3.63, 3.8) is 0 Å². The largest absolute Gasteiger partial charge is 0.316 e. The Labute approximate surface area is 133 Å². The SMILES string of the molecule is O=C(Nc1c(Cl)ncnc1Cl)c1cc2c(s1)CCSC2. The van der Waals surface area contributed by atoms with Crippen molar-refractivity contribution in [3.8, 4) is 0 Å². The molecular formula is C12H9Cl2N3OS2. The number of halogens is 2. The van der Waals surface area contributed by atoms with Gasteiger partial charge in [-0.1, -0.05) is 23.2 Å². The maximum absolute atomic E-state index is 12.3. The number of hydrogen-bond donors (Lipinski definition) is 1. The first-order chi connectivity index (χ1) is 9.65. The minimum Gasteiger partial charge on any atom is -0.316 e. The van der Waals surface area contributed by atoms with E-state index in [0.717, 1.165) is 17.9 Å². The summed E-state index contributed by atoms with van der Waals surface area (Å²) in [6.45, 7) is 0. The molecule has 104 valence electrons. The summed E-state index contributed by atoms with van der Waals surface area (Å²) < 4.78 is 0. The van der Waals surface area contributed by atoms with Crippen LogP contribution in [0.2, 0.25) is 10.3 Å². The van der Waals surface area contributed by atoms with Gasteiger partial charge in [0.2, 0.25) is 0 Å². The molecule has 0 aromatic carbocycles. The molecule has 2 aromatic rings. The van der Waals surface area contributed by atoms with Crippen molar-refractivity contribution >= 4 is 57.9 Å². The minimum atomic E-state index is -0.229. The number of rotatable bonds is 2. The Morgan fingerprint density at radius 3 is 2.75 bits per heavy atom. The number of thiophene rings is 1. The number of nitrogens with one attached hydrogen (secondary N) is 1. The van der Waals surface area contributed by atoms with Crippen LogP contribution in [0.4, 0.5) is 5.69 Å². The molecule has 1 amide bonds. The second-order valence-electron chi connectivity index (χ2n) is 4.15. The molecule has 1 aliphatic rings. The van der Waals surface area contributed by atoms with Crippen LogP contribution in [-0.2, 0) is 12.2 Å². The Morgan fingerprint density at radius 2 is 2.05 bits per heavy atom. The van der Waals surface area contributed by atoms with E-state index in [2.05, 4.69) is 15.3 Å². The Morgan fingerprint density at radius 1 is 1.30 bits per heavy atom. The van der Waals surface area contributed by atoms with Crippen LogP contribution in [0.25, 0.3) is 0 Å². The zero-order valence-corrected chi connectivity index (χ0v) is 13.3. The molecule has 0 saturated carbocycles. The third-order valence-corrected chi connectivity index (χ3v) is 5.66. The molecule has 1 aliphatic heterocycles. The fraction of sp³-hybridized carbons (Fsp3) is 0.250. The van der Waals surface area contributed by atoms with Gasteiger partial charge in [-0.05, 0) is 23.8 Å². The smallest absolute Gasteiger partial charge is 0.265 e. The average Bonchev–Trinajstić information content (AvgIpc) is 2.87. The molecule has 2 aromatic heterocycles. The van der Waals surface area contributed by atoms with Crippen molar-refractivity contribution in [2.45, 2.75) is 12.2 Å². The second-order valence-corrected chi connectivity index (χ2v) is 7.10. The lowest BCUT2D eigenvalue weighted by molar-refractivity contribution is 0.103. The Balaban J connectivity index is 1.84. The summed E-state index contributed by atoms with van der Waals surface area (Å²) in [6.07, 6.45) is 2.27. The first-order valence-corrected chi connectivity index (χ1v) is 8.54. The molecular weight excluding hydrogens is 337 g/mol. The molecule has 0 atom stereocenters. The number of hydrogen-bond acceptors (Lipinski definition) is 5. The van der Waals surface area contributed by atoms with Gasteiger partial charge in [0.15, 0.2) is 10.3 Å². The van der Waals surface area contributed by atoms with Crippen LogP contribution in [0.5, 0.6) is 0 Å². The third kappa shape index (κ3) is 2.79. The predicted octanol–water partition coefficient (Wildman–Crippen LogP) is 3.89. The summed E-state index contributed by atoms with van der Waals surface area (Å²) in [5.41, 5.74) is 1.50. The van der Waals surface area contributed by atoms with Gasteiger partial charge in [0.1, 0.15) is 12.0 Å². The van der Waals surface area contributed by atoms with Crippen LogP contribution < -0.4 is 5.32 Å². The third-order valence-electron chi connectivity index (χ3n) is 2.84. The first kappa shape index (κ1) is 14.1. The van der Waals surface area contributed by atoms with E-state index in [-0.39, 0.29) is 21.9 Å². The second kappa shape index (κ2) is 5.89. The molecule has 1 N–H and O–H groups in total. The zero-order chi connectivity index (χ0) is 14.1. The number of aromatic nitrogens is 2. The van der Waals surface area contributed by atoms with Crippen molar-refractivity contribution < 1.29 is 4.79 Å². The average molecular weight is 346 g/mol. The normalized spacial score (nSPS) is 13.9. The van der Waals surface area contributed by atoms with Gasteiger partial charge < -0.3 is 5.32 Å². The molecule has 0 fully saturated rings. The van der Waals surface area contributed by atoms with Crippen LogP contribution in [0.15, 0.2) is 12.4 Å². The van der Waals surface area contributed by atoms with E-state index in [1.807, 2.05) is 17.8 Å². The van der Waals surface area contributed by atoms with E-state index >= 15 is 0 Å². The molecule has 0 radical (unpaired) electrons. The highest BCUT2D eigenvalue weighted by Gasteiger charge is 2.19. The number of anilines is 1. The lowest BCUT2D eigenvalue weighted by atomic mass is 10.2. The molecule has 20 heavy (non-hydrogen) atoms. The predicted molar refractivity (Wildman–Crippen MR) is 84.2 cm³/mol. The fourth-order valence-electron chi connectivity index (χ4n) is 1.88. The van der Waals surface area contributed by atoms with E-state index in [1.165, 1.54) is 28.1 Å². The van der Waals surface area contributed by atoms with Crippen LogP contribution >= 0.6 is 46.3 Å². The van der Waals surface area contributed by atoms with Gasteiger partial charge in [-0.25, -0.2) is 9.97 Å². The minimum absolute atomic E-state index is 0.134. The summed E-state index contributed by atoms with van der Waals surface area (Å²) in [7, 11) is 0. The van der Waals surface area contributed by atoms with Gasteiger partial charge >= 0.3 is 0 Å². The lowest BCUT2D eigenvalue weighted by Crippen LogP contribution is -2.11. The Hall–Kier alpha value is -0.820. The van der Waals surface area contributed by atoms with Gasteiger partial charge in [0.05, 0.1) is 4.88 Å². The van der Waals surface area contributed by atoms with Crippen molar-refractivity contribution in [3.05, 3.63) is 38.0 Å². The number of carbonyl (C=O) groups excluding carboxylic acids is 1. The van der Waals surface area contributed by atoms with Gasteiger partial charge in [-0.2, -0.15) is 11.8 Å². The van der Waals surface area contributed by atoms with Crippen molar-refractivity contribution in [1.82, 2.24) is 9.97 Å². The Bertz CT molecular complexity index is 631. The van der Waals surface area contributed by atoms with Crippen LogP contribution in [0, 0.1) is 0 Å². The summed E-state index contributed by atoms with van der Waals surface area (Å²) in [6, 6.07) is 1.94. The maximum Gasteiger partial charge on any atom is 0.265 e. The first-order valence-electron chi connectivity index (χ1n) is 5.82. The highest BCUT2D eigenvalue weighted by molar-refractivity contribution is 7.98. The monoisotopic (exact) mass is 345 g/mol. The van der Waals surface area contributed by atoms with Crippen molar-refractivity contribution in [1.29, 1.82) is 0 Å². The summed E-state index contributed by atoms with van der Waals surface area (Å²) >= 11 is 15.2. The van der Waals surface area contributed by atoms with Crippen molar-refractivity contribution in [2.24, 2.45) is 0 Å². The van der Waals surface area contributed by atoms with Gasteiger partial charge in [0.25, 0.3) is 5.91 Å². The molecule has 0 spiro atoms. The van der Waals surface area contributed by atoms with Gasteiger partial charge in [0, 0.05) is 10.6 Å². The Kier molecular flexibility index (Phi) is 4.16. The van der Waals surface area contributed by atoms with E-state index in [4.69, 9.17) is 23.2 Å². The number of thioether (sulfide) groups is 1. The highest BCUT2D eigenvalue weighted by Crippen LogP contribution is 2.33. The van der Waals surface area contributed by atoms with E-state index in [0.29, 0.717) is 4.88 Å². The van der Waals surface area contributed by atoms with Crippen molar-refractivity contribution in [2.75, 3.05) is 11.1 Å². The van der Waals surface area contributed by atoms with Crippen LogP contribution in [-0.4, -0.2) is 21.6 Å². The number of amides is 1. The van der Waals surface area contributed by atoms with Crippen LogP contribution in [0.1, 0.15) is 20.1 Å². The molecule has 0 saturated heterocycles. The fourth-order valence-corrected chi connectivity index (χ4v) is 4.56. The standard InChI is InChI=1S/C12H9Cl2N3OS2/c13-10-9(11(14)16-5-15-10)17-12(18)8-3-6-4-19-2-1-7(6)20-8/h3,5H,1-2,4H2,(H,17,18). The number of nitrogens with zero attached hydrogens (tertiary/aromatic N) is 2. The maximum atomic E-state index is 12.3. The lowest BCUT2D eigenvalue weighted by Gasteiger charge is -2.08. The molecule has 3 rings (SSSR count). The summed E-state index contributed by atoms with van der Waals surface area (Å²) in [4.78, 5) is 21.8. The number of fused-ring (bicyclic) bond motifs is 1. The zero-order valence-electron chi connectivity index (χ0n) is 10.2. The number of aryl methyl sites for hydroxylation is 1. The summed E-state index contributed by atoms with van der Waals surface area (Å²) in [5, 5.41) is 2.95. The molecule has 3 heterocycles. The number of carbonyl (C=O) groups is 1. The highest BCUT2D eigenvalue weighted by atomic mass is 35.5. The molecule has 0 unspecified atom stereocenters. The molecule has 0 bridgehead atoms.